The van der Waals surface area contributed by atoms with Crippen molar-refractivity contribution in [3.05, 3.63) is 29.8 Å². The molecule has 0 radical (unpaired) electrons. The first-order valence-electron chi connectivity index (χ1n) is 6.89. The van der Waals surface area contributed by atoms with Crippen molar-refractivity contribution in [2.75, 3.05) is 7.11 Å². The average molecular weight is 313 g/mol. The van der Waals surface area contributed by atoms with E-state index in [1.165, 1.54) is 7.11 Å². The molecule has 5 nitrogen and oxygen atoms in total. The third kappa shape index (κ3) is 4.54. The van der Waals surface area contributed by atoms with Crippen LogP contribution in [0.15, 0.2) is 29.2 Å². The molecule has 21 heavy (non-hydrogen) atoms. The van der Waals surface area contributed by atoms with Gasteiger partial charge in [-0.15, -0.1) is 0 Å². The van der Waals surface area contributed by atoms with Gasteiger partial charge in [-0.25, -0.2) is 8.42 Å². The summed E-state index contributed by atoms with van der Waals surface area (Å²) in [6, 6.07) is 5.76. The van der Waals surface area contributed by atoms with Crippen LogP contribution < -0.4 is 4.72 Å². The summed E-state index contributed by atoms with van der Waals surface area (Å²) < 4.78 is 31.7. The highest BCUT2D eigenvalue weighted by Gasteiger charge is 2.29. The maximum Gasteiger partial charge on any atom is 0.324 e. The van der Waals surface area contributed by atoms with E-state index in [0.29, 0.717) is 5.92 Å². The molecule has 0 aromatic heterocycles. The van der Waals surface area contributed by atoms with Gasteiger partial charge in [-0.2, -0.15) is 4.72 Å². The van der Waals surface area contributed by atoms with Crippen LogP contribution in [-0.4, -0.2) is 27.5 Å². The van der Waals surface area contributed by atoms with Gasteiger partial charge in [0.1, 0.15) is 6.04 Å². The van der Waals surface area contributed by atoms with E-state index < -0.39 is 22.0 Å². The molecule has 0 heterocycles. The van der Waals surface area contributed by atoms with Crippen molar-refractivity contribution in [3.63, 3.8) is 0 Å². The highest BCUT2D eigenvalue weighted by atomic mass is 32.2. The Morgan fingerprint density at radius 3 is 2.00 bits per heavy atom. The Kier molecular flexibility index (Phi) is 5.92. The molecule has 118 valence electrons. The zero-order valence-electron chi connectivity index (χ0n) is 13.1. The van der Waals surface area contributed by atoms with Crippen LogP contribution in [0.4, 0.5) is 0 Å². The zero-order valence-corrected chi connectivity index (χ0v) is 13.9. The highest BCUT2D eigenvalue weighted by Crippen LogP contribution is 2.18. The molecule has 0 fully saturated rings. The number of ether oxygens (including phenoxy) is 1. The first-order chi connectivity index (χ1) is 9.69. The summed E-state index contributed by atoms with van der Waals surface area (Å²) >= 11 is 0. The molecule has 0 aliphatic heterocycles. The van der Waals surface area contributed by atoms with Gasteiger partial charge in [-0.3, -0.25) is 4.79 Å². The number of esters is 1. The fourth-order valence-electron chi connectivity index (χ4n) is 1.85. The van der Waals surface area contributed by atoms with E-state index in [0.717, 1.165) is 5.56 Å². The molecule has 0 aliphatic rings. The second-order valence-electron chi connectivity index (χ2n) is 5.59. The molecule has 0 aliphatic carbocycles. The number of nitrogens with one attached hydrogen (secondary N) is 1. The normalized spacial score (nSPS) is 13.5. The second kappa shape index (κ2) is 7.04. The minimum atomic E-state index is -3.75. The molecule has 1 unspecified atom stereocenters. The number of carbonyl (C=O) groups is 1. The first kappa shape index (κ1) is 17.7. The van der Waals surface area contributed by atoms with Gasteiger partial charge in [-0.05, 0) is 29.5 Å². The summed E-state index contributed by atoms with van der Waals surface area (Å²) in [5, 5.41) is 0. The molecule has 1 aromatic rings. The summed E-state index contributed by atoms with van der Waals surface area (Å²) in [7, 11) is -2.51. The summed E-state index contributed by atoms with van der Waals surface area (Å²) in [5.74, 6) is -0.470. The van der Waals surface area contributed by atoms with E-state index in [4.69, 9.17) is 0 Å². The molecule has 0 spiro atoms. The molecule has 1 aromatic carbocycles. The van der Waals surface area contributed by atoms with E-state index >= 15 is 0 Å². The largest absolute Gasteiger partial charge is 0.468 e. The van der Waals surface area contributed by atoms with Crippen molar-refractivity contribution >= 4 is 16.0 Å². The lowest BCUT2D eigenvalue weighted by Gasteiger charge is -2.20. The smallest absolute Gasteiger partial charge is 0.324 e. The first-order valence-corrected chi connectivity index (χ1v) is 8.37. The predicted molar refractivity (Wildman–Crippen MR) is 81.5 cm³/mol. The molecule has 0 bridgehead atoms. The highest BCUT2D eigenvalue weighted by molar-refractivity contribution is 7.89. The van der Waals surface area contributed by atoms with Gasteiger partial charge in [0.25, 0.3) is 0 Å². The monoisotopic (exact) mass is 313 g/mol. The van der Waals surface area contributed by atoms with Crippen LogP contribution in [0.1, 0.15) is 39.2 Å². The van der Waals surface area contributed by atoms with Crippen LogP contribution in [-0.2, 0) is 19.6 Å². The second-order valence-corrected chi connectivity index (χ2v) is 7.30. The number of benzene rings is 1. The summed E-state index contributed by atoms with van der Waals surface area (Å²) in [4.78, 5) is 11.8. The van der Waals surface area contributed by atoms with Crippen molar-refractivity contribution < 1.29 is 17.9 Å². The molecule has 1 rings (SSSR count). The van der Waals surface area contributed by atoms with Crippen LogP contribution in [0.2, 0.25) is 0 Å². The average Bonchev–Trinajstić information content (AvgIpc) is 2.43. The number of hydrogen-bond donors (Lipinski definition) is 1. The van der Waals surface area contributed by atoms with Crippen molar-refractivity contribution in [1.29, 1.82) is 0 Å². The van der Waals surface area contributed by atoms with Crippen LogP contribution in [0.5, 0.6) is 0 Å². The van der Waals surface area contributed by atoms with Crippen LogP contribution in [0.3, 0.4) is 0 Å². The maximum atomic E-state index is 12.3. The molecule has 0 amide bonds. The Bertz CT molecular complexity index is 576. The minimum Gasteiger partial charge on any atom is -0.468 e. The minimum absolute atomic E-state index is 0.140. The van der Waals surface area contributed by atoms with E-state index in [1.807, 2.05) is 13.8 Å². The Labute approximate surface area is 126 Å². The lowest BCUT2D eigenvalue weighted by molar-refractivity contribution is -0.143. The quantitative estimate of drug-likeness (QED) is 0.818. The Morgan fingerprint density at radius 2 is 1.62 bits per heavy atom. The van der Waals surface area contributed by atoms with Gasteiger partial charge >= 0.3 is 5.97 Å². The Balaban J connectivity index is 3.02. The summed E-state index contributed by atoms with van der Waals surface area (Å²) in [6.45, 7) is 7.58. The molecule has 0 saturated carbocycles. The topological polar surface area (TPSA) is 72.5 Å². The number of methoxy groups -OCH3 is 1. The number of hydrogen-bond acceptors (Lipinski definition) is 4. The van der Waals surface area contributed by atoms with Gasteiger partial charge in [0.15, 0.2) is 0 Å². The molecular weight excluding hydrogens is 290 g/mol. The SMILES string of the molecule is COC(=O)C(NS(=O)(=O)c1ccc(C(C)C)cc1)C(C)C. The molecular formula is C15H23NO4S. The van der Waals surface area contributed by atoms with E-state index in [-0.39, 0.29) is 10.8 Å². The van der Waals surface area contributed by atoms with Crippen molar-refractivity contribution in [2.45, 2.75) is 44.6 Å². The molecule has 6 heteroatoms. The lowest BCUT2D eigenvalue weighted by atomic mass is 10.0. The number of rotatable bonds is 6. The van der Waals surface area contributed by atoms with Crippen LogP contribution in [0.25, 0.3) is 0 Å². The zero-order chi connectivity index (χ0) is 16.2. The third-order valence-electron chi connectivity index (χ3n) is 3.26. The number of carbonyl (C=O) groups excluding carboxylic acids is 1. The summed E-state index contributed by atoms with van der Waals surface area (Å²) in [5.41, 5.74) is 1.06. The van der Waals surface area contributed by atoms with Crippen molar-refractivity contribution in [2.24, 2.45) is 5.92 Å². The summed E-state index contributed by atoms with van der Waals surface area (Å²) in [6.07, 6.45) is 0. The van der Waals surface area contributed by atoms with E-state index in [9.17, 15) is 13.2 Å². The Hall–Kier alpha value is -1.40. The standard InChI is InChI=1S/C15H23NO4S/c1-10(2)12-6-8-13(9-7-12)21(18,19)16-14(11(3)4)15(17)20-5/h6-11,14,16H,1-5H3. The predicted octanol–water partition coefficient (Wildman–Crippen LogP) is 2.29. The van der Waals surface area contributed by atoms with E-state index in [2.05, 4.69) is 9.46 Å². The van der Waals surface area contributed by atoms with Crippen molar-refractivity contribution in [1.82, 2.24) is 4.72 Å². The third-order valence-corrected chi connectivity index (χ3v) is 4.72. The van der Waals surface area contributed by atoms with Gasteiger partial charge < -0.3 is 4.74 Å². The number of sulfonamides is 1. The van der Waals surface area contributed by atoms with Gasteiger partial charge in [0, 0.05) is 0 Å². The molecule has 0 saturated heterocycles. The van der Waals surface area contributed by atoms with Crippen LogP contribution >= 0.6 is 0 Å². The Morgan fingerprint density at radius 1 is 1.10 bits per heavy atom. The fourth-order valence-corrected chi connectivity index (χ4v) is 3.18. The van der Waals surface area contributed by atoms with Crippen LogP contribution in [0, 0.1) is 5.92 Å². The molecule has 1 N–H and O–H groups in total. The van der Waals surface area contributed by atoms with Gasteiger partial charge in [-0.1, -0.05) is 39.8 Å². The maximum absolute atomic E-state index is 12.3. The van der Waals surface area contributed by atoms with Gasteiger partial charge in [0.05, 0.1) is 12.0 Å². The fraction of sp³-hybridized carbons (Fsp3) is 0.533. The van der Waals surface area contributed by atoms with E-state index in [1.54, 1.807) is 38.1 Å². The van der Waals surface area contributed by atoms with Gasteiger partial charge in [0.2, 0.25) is 10.0 Å². The van der Waals surface area contributed by atoms with Crippen molar-refractivity contribution in [3.8, 4) is 0 Å². The molecule has 1 atom stereocenters. The lowest BCUT2D eigenvalue weighted by Crippen LogP contribution is -2.44.